The maximum absolute atomic E-state index is 12.5. The molecule has 2 aliphatic rings. The minimum atomic E-state index is -4.84. The Morgan fingerprint density at radius 1 is 1.41 bits per heavy atom. The summed E-state index contributed by atoms with van der Waals surface area (Å²) in [5.74, 6) is -3.52. The van der Waals surface area contributed by atoms with Crippen LogP contribution >= 0.6 is 0 Å². The number of carbonyl (C=O) groups excluding carboxylic acids is 2. The van der Waals surface area contributed by atoms with Crippen LogP contribution < -0.4 is 5.32 Å². The van der Waals surface area contributed by atoms with Crippen LogP contribution in [0.5, 0.6) is 0 Å². The van der Waals surface area contributed by atoms with Crippen molar-refractivity contribution in [2.75, 3.05) is 12.3 Å². The third kappa shape index (κ3) is 4.36. The Hall–Kier alpha value is -1.83. The predicted octanol–water partition coefficient (Wildman–Crippen LogP) is -1.00. The molecule has 1 fully saturated rings. The number of fused-ring (bicyclic) bond motifs is 1. The Morgan fingerprint density at radius 3 is 2.48 bits per heavy atom. The van der Waals surface area contributed by atoms with Crippen molar-refractivity contribution in [3.8, 4) is 0 Å². The van der Waals surface area contributed by atoms with Gasteiger partial charge in [0, 0.05) is 30.5 Å². The van der Waals surface area contributed by atoms with Gasteiger partial charge in [0.15, 0.2) is 0 Å². The fraction of sp³-hybridized carbons (Fsp3) is 0.643. The first-order valence-corrected chi connectivity index (χ1v) is 10.5. The highest BCUT2D eigenvalue weighted by Crippen LogP contribution is 2.48. The minimum absolute atomic E-state index is 0.0317. The molecule has 27 heavy (non-hydrogen) atoms. The Kier molecular flexibility index (Phi) is 5.80. The third-order valence-electron chi connectivity index (χ3n) is 4.33. The highest BCUT2D eigenvalue weighted by molar-refractivity contribution is 7.89. The molecule has 1 unspecified atom stereocenters. The summed E-state index contributed by atoms with van der Waals surface area (Å²) in [6, 6.07) is -0.750. The van der Waals surface area contributed by atoms with Gasteiger partial charge in [-0.15, -0.1) is 0 Å². The first-order valence-electron chi connectivity index (χ1n) is 7.86. The normalized spacial score (nSPS) is 23.7. The van der Waals surface area contributed by atoms with Gasteiger partial charge < -0.3 is 15.3 Å². The van der Waals surface area contributed by atoms with E-state index in [4.69, 9.17) is 4.55 Å². The van der Waals surface area contributed by atoms with E-state index >= 15 is 0 Å². The van der Waals surface area contributed by atoms with Crippen molar-refractivity contribution >= 4 is 39.0 Å². The summed E-state index contributed by atoms with van der Waals surface area (Å²) in [6.07, 6.45) is -0.0387. The van der Waals surface area contributed by atoms with Crippen LogP contribution in [-0.4, -0.2) is 68.9 Å². The molecule has 0 aromatic carbocycles. The number of nitrogens with one attached hydrogen (secondary N) is 1. The van der Waals surface area contributed by atoms with E-state index in [0.29, 0.717) is 0 Å². The molecule has 0 aromatic heterocycles. The molecular weight excluding hydrogens is 404 g/mol. The molecule has 0 aromatic rings. The van der Waals surface area contributed by atoms with E-state index in [2.05, 4.69) is 9.50 Å². The van der Waals surface area contributed by atoms with Crippen LogP contribution in [0, 0.1) is 5.92 Å². The number of nitrogens with zero attached hydrogens (tertiary/aromatic N) is 1. The van der Waals surface area contributed by atoms with Gasteiger partial charge in [-0.1, -0.05) is 0 Å². The number of hydrogen-bond acceptors (Lipinski definition) is 7. The molecule has 3 N–H and O–H groups in total. The van der Waals surface area contributed by atoms with Crippen molar-refractivity contribution in [2.45, 2.75) is 38.8 Å². The lowest BCUT2D eigenvalue weighted by molar-refractivity contribution is -0.166. The molecule has 0 radical (unpaired) electrons. The van der Waals surface area contributed by atoms with Gasteiger partial charge in [0.2, 0.25) is 11.8 Å². The second kappa shape index (κ2) is 7.30. The molecule has 152 valence electrons. The number of carboxylic acid groups (broad SMARTS) is 1. The first kappa shape index (κ1) is 21.5. The van der Waals surface area contributed by atoms with Gasteiger partial charge in [0.05, 0.1) is 28.4 Å². The van der Waals surface area contributed by atoms with Crippen LogP contribution in [-0.2, 0) is 39.8 Å². The van der Waals surface area contributed by atoms with E-state index in [1.807, 2.05) is 0 Å². The topological polar surface area (TPSA) is 167 Å². The number of carboxylic acids is 1. The van der Waals surface area contributed by atoms with Gasteiger partial charge in [-0.3, -0.25) is 18.4 Å². The van der Waals surface area contributed by atoms with E-state index in [1.165, 1.54) is 20.8 Å². The van der Waals surface area contributed by atoms with Gasteiger partial charge >= 0.3 is 16.4 Å². The molecule has 0 spiro atoms. The SMILES string of the molecule is CC(=O)NCCS(=O)C1=C(C(=O)O)N2C(=O)[C@@H](C(C)(C)OS(=O)(=O)O)[C@H]2C1. The Bertz CT molecular complexity index is 847. The van der Waals surface area contributed by atoms with Crippen LogP contribution in [0.2, 0.25) is 0 Å². The molecule has 2 amide bonds. The highest BCUT2D eigenvalue weighted by Gasteiger charge is 2.62. The smallest absolute Gasteiger partial charge is 0.397 e. The molecule has 13 heteroatoms. The van der Waals surface area contributed by atoms with E-state index in [9.17, 15) is 32.1 Å². The van der Waals surface area contributed by atoms with E-state index in [-0.39, 0.29) is 29.5 Å². The van der Waals surface area contributed by atoms with Gasteiger partial charge in [-0.25, -0.2) is 8.98 Å². The average Bonchev–Trinajstić information content (AvgIpc) is 2.78. The first-order chi connectivity index (χ1) is 12.3. The van der Waals surface area contributed by atoms with Crippen molar-refractivity contribution in [3.05, 3.63) is 10.6 Å². The van der Waals surface area contributed by atoms with Crippen molar-refractivity contribution in [3.63, 3.8) is 0 Å². The molecule has 2 rings (SSSR count). The molecule has 0 bridgehead atoms. The Morgan fingerprint density at radius 2 is 2.00 bits per heavy atom. The molecule has 2 heterocycles. The lowest BCUT2D eigenvalue weighted by Gasteiger charge is -2.49. The van der Waals surface area contributed by atoms with Crippen molar-refractivity contribution < 1.29 is 40.9 Å². The van der Waals surface area contributed by atoms with Gasteiger partial charge in [0.1, 0.15) is 5.70 Å². The standard InChI is InChI=1S/C14H20N2O9S2/c1-7(17)15-4-5-26(21)9-6-8-10(14(2,3)25-27(22,23)24)12(18)16(8)11(9)13(19)20/h8,10H,4-6H2,1-3H3,(H,15,17)(H,19,20)(H,22,23,24)/t8-,10+,26?/m1/s1. The lowest BCUT2D eigenvalue weighted by Crippen LogP contribution is -2.66. The van der Waals surface area contributed by atoms with Crippen LogP contribution in [0.15, 0.2) is 10.6 Å². The molecule has 2 aliphatic heterocycles. The monoisotopic (exact) mass is 424 g/mol. The van der Waals surface area contributed by atoms with Gasteiger partial charge in [0.25, 0.3) is 0 Å². The summed E-state index contributed by atoms with van der Waals surface area (Å²) in [6.45, 7) is 3.92. The fourth-order valence-electron chi connectivity index (χ4n) is 3.40. The van der Waals surface area contributed by atoms with Gasteiger partial charge in [-0.05, 0) is 13.8 Å². The van der Waals surface area contributed by atoms with E-state index in [1.54, 1.807) is 0 Å². The highest BCUT2D eigenvalue weighted by atomic mass is 32.3. The second-order valence-corrected chi connectivity index (χ2v) is 9.30. The zero-order chi connectivity index (χ0) is 20.7. The van der Waals surface area contributed by atoms with Crippen molar-refractivity contribution in [1.29, 1.82) is 0 Å². The summed E-state index contributed by atoms with van der Waals surface area (Å²) in [5.41, 5.74) is -2.02. The van der Waals surface area contributed by atoms with Crippen LogP contribution in [0.25, 0.3) is 0 Å². The van der Waals surface area contributed by atoms with E-state index < -0.39 is 56.3 Å². The lowest BCUT2D eigenvalue weighted by atomic mass is 9.76. The quantitative estimate of drug-likeness (QED) is 0.327. The largest absolute Gasteiger partial charge is 0.477 e. The number of carbonyl (C=O) groups is 3. The maximum atomic E-state index is 12.5. The van der Waals surface area contributed by atoms with Crippen LogP contribution in [0.4, 0.5) is 0 Å². The zero-order valence-electron chi connectivity index (χ0n) is 14.8. The molecule has 0 saturated carbocycles. The summed E-state index contributed by atoms with van der Waals surface area (Å²) in [7, 11) is -6.59. The minimum Gasteiger partial charge on any atom is -0.477 e. The molecule has 1 saturated heterocycles. The predicted molar refractivity (Wildman–Crippen MR) is 91.8 cm³/mol. The van der Waals surface area contributed by atoms with Crippen molar-refractivity contribution in [2.24, 2.45) is 5.92 Å². The Labute approximate surface area is 158 Å². The molecular formula is C14H20N2O9S2. The summed E-state index contributed by atoms with van der Waals surface area (Å²) in [4.78, 5) is 36.0. The molecule has 0 aliphatic carbocycles. The number of rotatable bonds is 8. The number of aliphatic carboxylic acids is 1. The summed E-state index contributed by atoms with van der Waals surface area (Å²) < 4.78 is 48.0. The second-order valence-electron chi connectivity index (χ2n) is 6.68. The van der Waals surface area contributed by atoms with Crippen LogP contribution in [0.3, 0.4) is 0 Å². The third-order valence-corrected chi connectivity index (χ3v) is 6.45. The van der Waals surface area contributed by atoms with Crippen LogP contribution in [0.1, 0.15) is 27.2 Å². The van der Waals surface area contributed by atoms with E-state index in [0.717, 1.165) is 4.90 Å². The zero-order valence-corrected chi connectivity index (χ0v) is 16.4. The van der Waals surface area contributed by atoms with Gasteiger partial charge in [-0.2, -0.15) is 8.42 Å². The summed E-state index contributed by atoms with van der Waals surface area (Å²) >= 11 is 0. The average molecular weight is 424 g/mol. The van der Waals surface area contributed by atoms with Crippen molar-refractivity contribution in [1.82, 2.24) is 10.2 Å². The molecule has 11 nitrogen and oxygen atoms in total. The molecule has 3 atom stereocenters. The maximum Gasteiger partial charge on any atom is 0.397 e. The Balaban J connectivity index is 2.24. The number of hydrogen-bond donors (Lipinski definition) is 3. The number of β-lactam (4-membered cyclic amide) rings is 1. The summed E-state index contributed by atoms with van der Waals surface area (Å²) in [5, 5.41) is 11.9. The fourth-order valence-corrected chi connectivity index (χ4v) is 5.34. The number of amides is 2.